The summed E-state index contributed by atoms with van der Waals surface area (Å²) >= 11 is 0. The molecule has 4 nitrogen and oxygen atoms in total. The summed E-state index contributed by atoms with van der Waals surface area (Å²) in [5.41, 5.74) is 3.59. The van der Waals surface area contributed by atoms with Gasteiger partial charge in [0.1, 0.15) is 17.3 Å². The number of aromatic amines is 1. The summed E-state index contributed by atoms with van der Waals surface area (Å²) in [5, 5.41) is 12.1. The molecule has 0 atom stereocenters. The van der Waals surface area contributed by atoms with Crippen molar-refractivity contribution >= 4 is 11.0 Å². The number of aromatic nitrogens is 2. The van der Waals surface area contributed by atoms with E-state index in [4.69, 9.17) is 0 Å². The average Bonchev–Trinajstić information content (AvgIpc) is 3.15. The SMILES string of the molecule is OC1(c2ccc(F)cc2)CCN(Cc2c(-c3ccc(F)cc3)[nH]c3ncccc23)CC1. The number of nitrogens with zero attached hydrogens (tertiary/aromatic N) is 2. The summed E-state index contributed by atoms with van der Waals surface area (Å²) in [6.45, 7) is 2.12. The Bertz CT molecular complexity index is 1190. The van der Waals surface area contributed by atoms with E-state index in [1.807, 2.05) is 12.1 Å². The molecule has 0 radical (unpaired) electrons. The second-order valence-electron chi connectivity index (χ2n) is 8.20. The first-order valence-corrected chi connectivity index (χ1v) is 10.4. The Morgan fingerprint density at radius 2 is 1.58 bits per heavy atom. The van der Waals surface area contributed by atoms with Gasteiger partial charge in [0.25, 0.3) is 0 Å². The molecule has 31 heavy (non-hydrogen) atoms. The quantitative estimate of drug-likeness (QED) is 0.490. The van der Waals surface area contributed by atoms with E-state index in [2.05, 4.69) is 14.9 Å². The predicted molar refractivity (Wildman–Crippen MR) is 116 cm³/mol. The zero-order chi connectivity index (χ0) is 21.4. The molecule has 0 spiro atoms. The third-order valence-corrected chi connectivity index (χ3v) is 6.26. The molecule has 0 saturated carbocycles. The predicted octanol–water partition coefficient (Wildman–Crippen LogP) is 4.99. The monoisotopic (exact) mass is 419 g/mol. The fraction of sp³-hybridized carbons (Fsp3) is 0.240. The number of nitrogens with one attached hydrogen (secondary N) is 1. The Hall–Kier alpha value is -3.09. The molecular weight excluding hydrogens is 396 g/mol. The number of pyridine rings is 1. The van der Waals surface area contributed by atoms with Gasteiger partial charge in [-0.15, -0.1) is 0 Å². The first-order chi connectivity index (χ1) is 15.0. The van der Waals surface area contributed by atoms with Gasteiger partial charge in [-0.2, -0.15) is 0 Å². The molecule has 2 aromatic heterocycles. The summed E-state index contributed by atoms with van der Waals surface area (Å²) in [7, 11) is 0. The van der Waals surface area contributed by atoms with Crippen LogP contribution in [0.5, 0.6) is 0 Å². The van der Waals surface area contributed by atoms with Crippen LogP contribution in [-0.2, 0) is 12.1 Å². The van der Waals surface area contributed by atoms with Crippen molar-refractivity contribution in [1.29, 1.82) is 0 Å². The van der Waals surface area contributed by atoms with Gasteiger partial charge in [0.05, 0.1) is 11.3 Å². The molecule has 1 saturated heterocycles. The van der Waals surface area contributed by atoms with E-state index >= 15 is 0 Å². The Morgan fingerprint density at radius 1 is 0.935 bits per heavy atom. The summed E-state index contributed by atoms with van der Waals surface area (Å²) in [5.74, 6) is -0.568. The van der Waals surface area contributed by atoms with Gasteiger partial charge in [-0.1, -0.05) is 12.1 Å². The highest BCUT2D eigenvalue weighted by atomic mass is 19.1. The lowest BCUT2D eigenvalue weighted by Gasteiger charge is -2.38. The maximum absolute atomic E-state index is 13.4. The van der Waals surface area contributed by atoms with E-state index < -0.39 is 5.60 Å². The molecule has 0 aliphatic carbocycles. The lowest BCUT2D eigenvalue weighted by Crippen LogP contribution is -2.42. The summed E-state index contributed by atoms with van der Waals surface area (Å²) < 4.78 is 26.7. The molecule has 1 aliphatic rings. The Labute approximate surface area is 179 Å². The number of likely N-dealkylation sites (tertiary alicyclic amines) is 1. The topological polar surface area (TPSA) is 52.1 Å². The van der Waals surface area contributed by atoms with Crippen molar-refractivity contribution in [2.24, 2.45) is 0 Å². The number of piperidine rings is 1. The zero-order valence-corrected chi connectivity index (χ0v) is 17.0. The molecule has 0 amide bonds. The highest BCUT2D eigenvalue weighted by Crippen LogP contribution is 2.35. The minimum Gasteiger partial charge on any atom is -0.385 e. The van der Waals surface area contributed by atoms with Crippen molar-refractivity contribution in [3.8, 4) is 11.3 Å². The van der Waals surface area contributed by atoms with Crippen LogP contribution in [0.25, 0.3) is 22.3 Å². The van der Waals surface area contributed by atoms with Gasteiger partial charge in [0, 0.05) is 36.8 Å². The van der Waals surface area contributed by atoms with Crippen LogP contribution < -0.4 is 0 Å². The molecular formula is C25H23F2N3O. The van der Waals surface area contributed by atoms with Crippen molar-refractivity contribution in [3.63, 3.8) is 0 Å². The summed E-state index contributed by atoms with van der Waals surface area (Å²) in [4.78, 5) is 10.1. The Balaban J connectivity index is 1.40. The molecule has 6 heteroatoms. The van der Waals surface area contributed by atoms with Gasteiger partial charge in [-0.25, -0.2) is 13.8 Å². The van der Waals surface area contributed by atoms with Crippen LogP contribution in [0.2, 0.25) is 0 Å². The van der Waals surface area contributed by atoms with Crippen LogP contribution in [-0.4, -0.2) is 33.1 Å². The minimum atomic E-state index is -0.939. The average molecular weight is 419 g/mol. The highest BCUT2D eigenvalue weighted by Gasteiger charge is 2.34. The normalized spacial score (nSPS) is 16.6. The first-order valence-electron chi connectivity index (χ1n) is 10.4. The standard InChI is InChI=1S/C25H23F2N3O/c26-19-7-3-17(4-8-19)23-22(21-2-1-13-28-24(21)29-23)16-30-14-11-25(31,12-15-30)18-5-9-20(27)10-6-18/h1-10,13,31H,11-12,14-16H2,(H,28,29). The highest BCUT2D eigenvalue weighted by molar-refractivity contribution is 5.88. The van der Waals surface area contributed by atoms with Gasteiger partial charge in [-0.05, 0) is 72.5 Å². The number of H-pyrrole nitrogens is 1. The zero-order valence-electron chi connectivity index (χ0n) is 17.0. The second kappa shape index (κ2) is 7.87. The van der Waals surface area contributed by atoms with Crippen LogP contribution in [0, 0.1) is 11.6 Å². The third-order valence-electron chi connectivity index (χ3n) is 6.26. The van der Waals surface area contributed by atoms with Crippen molar-refractivity contribution in [3.05, 3.63) is 89.6 Å². The molecule has 3 heterocycles. The fourth-order valence-electron chi connectivity index (χ4n) is 4.46. The molecule has 158 valence electrons. The lowest BCUT2D eigenvalue weighted by atomic mass is 9.84. The van der Waals surface area contributed by atoms with Gasteiger partial charge < -0.3 is 10.1 Å². The van der Waals surface area contributed by atoms with E-state index in [1.54, 1.807) is 30.5 Å². The van der Waals surface area contributed by atoms with Crippen LogP contribution in [0.15, 0.2) is 66.9 Å². The number of halogens is 2. The molecule has 0 bridgehead atoms. The van der Waals surface area contributed by atoms with Crippen molar-refractivity contribution < 1.29 is 13.9 Å². The van der Waals surface area contributed by atoms with Gasteiger partial charge in [-0.3, -0.25) is 4.90 Å². The third kappa shape index (κ3) is 3.84. The fourth-order valence-corrected chi connectivity index (χ4v) is 4.46. The van der Waals surface area contributed by atoms with Gasteiger partial charge in [0.15, 0.2) is 0 Å². The summed E-state index contributed by atoms with van der Waals surface area (Å²) in [6, 6.07) is 16.5. The number of rotatable bonds is 4. The second-order valence-corrected chi connectivity index (χ2v) is 8.20. The van der Waals surface area contributed by atoms with Crippen molar-refractivity contribution in [2.45, 2.75) is 25.0 Å². The molecule has 4 aromatic rings. The van der Waals surface area contributed by atoms with E-state index in [0.717, 1.165) is 33.4 Å². The number of benzene rings is 2. The van der Waals surface area contributed by atoms with Crippen LogP contribution in [0.3, 0.4) is 0 Å². The lowest BCUT2D eigenvalue weighted by molar-refractivity contribution is -0.0276. The van der Waals surface area contributed by atoms with Crippen LogP contribution in [0.4, 0.5) is 8.78 Å². The molecule has 0 unspecified atom stereocenters. The first kappa shape index (κ1) is 19.8. The summed E-state index contributed by atoms with van der Waals surface area (Å²) in [6.07, 6.45) is 2.90. The molecule has 5 rings (SSSR count). The number of aliphatic hydroxyl groups is 1. The number of hydrogen-bond donors (Lipinski definition) is 2. The molecule has 1 fully saturated rings. The molecule has 2 N–H and O–H groups in total. The van der Waals surface area contributed by atoms with E-state index in [9.17, 15) is 13.9 Å². The smallest absolute Gasteiger partial charge is 0.138 e. The van der Waals surface area contributed by atoms with Gasteiger partial charge in [0.2, 0.25) is 0 Å². The van der Waals surface area contributed by atoms with E-state index in [-0.39, 0.29) is 11.6 Å². The molecule has 2 aromatic carbocycles. The van der Waals surface area contributed by atoms with Crippen molar-refractivity contribution in [2.75, 3.05) is 13.1 Å². The van der Waals surface area contributed by atoms with Crippen LogP contribution >= 0.6 is 0 Å². The van der Waals surface area contributed by atoms with E-state index in [1.165, 1.54) is 24.3 Å². The van der Waals surface area contributed by atoms with Crippen LogP contribution in [0.1, 0.15) is 24.0 Å². The Morgan fingerprint density at radius 3 is 2.26 bits per heavy atom. The minimum absolute atomic E-state index is 0.268. The number of fused-ring (bicyclic) bond motifs is 1. The largest absolute Gasteiger partial charge is 0.385 e. The van der Waals surface area contributed by atoms with E-state index in [0.29, 0.717) is 32.5 Å². The van der Waals surface area contributed by atoms with Crippen molar-refractivity contribution in [1.82, 2.24) is 14.9 Å². The Kier molecular flexibility index (Phi) is 5.04. The van der Waals surface area contributed by atoms with Gasteiger partial charge >= 0.3 is 0 Å². The number of hydrogen-bond acceptors (Lipinski definition) is 3. The maximum atomic E-state index is 13.4. The molecule has 1 aliphatic heterocycles. The maximum Gasteiger partial charge on any atom is 0.138 e.